The van der Waals surface area contributed by atoms with Crippen LogP contribution in [-0.2, 0) is 11.3 Å². The van der Waals surface area contributed by atoms with Gasteiger partial charge in [-0.1, -0.05) is 0 Å². The molecule has 0 radical (unpaired) electrons. The first-order chi connectivity index (χ1) is 7.95. The number of nitrogen functional groups attached to an aromatic ring is 1. The maximum Gasteiger partial charge on any atom is 0.268 e. The predicted octanol–water partition coefficient (Wildman–Crippen LogP) is -1.33. The van der Waals surface area contributed by atoms with Gasteiger partial charge >= 0.3 is 0 Å². The molecule has 0 aliphatic carbocycles. The van der Waals surface area contributed by atoms with Crippen molar-refractivity contribution in [3.63, 3.8) is 0 Å². The molecule has 6 N–H and O–H groups in total. The molecule has 0 saturated carbocycles. The normalized spacial score (nSPS) is 12.1. The fourth-order valence-electron chi connectivity index (χ4n) is 1.37. The lowest BCUT2D eigenvalue weighted by Gasteiger charge is -2.09. The summed E-state index contributed by atoms with van der Waals surface area (Å²) < 4.78 is 1.67. The van der Waals surface area contributed by atoms with Gasteiger partial charge in [0, 0.05) is 12.7 Å². The number of aliphatic hydroxyl groups is 1. The second-order valence-corrected chi connectivity index (χ2v) is 3.57. The van der Waals surface area contributed by atoms with Crippen molar-refractivity contribution in [2.24, 2.45) is 5.73 Å². The van der Waals surface area contributed by atoms with Gasteiger partial charge in [-0.05, 0) is 13.0 Å². The molecule has 17 heavy (non-hydrogen) atoms. The molecule has 1 unspecified atom stereocenters. The summed E-state index contributed by atoms with van der Waals surface area (Å²) in [5, 5.41) is 11.5. The summed E-state index contributed by atoms with van der Waals surface area (Å²) in [6, 6.07) is 1.52. The van der Waals surface area contributed by atoms with Gasteiger partial charge < -0.3 is 26.5 Å². The van der Waals surface area contributed by atoms with Crippen molar-refractivity contribution in [3.05, 3.63) is 18.0 Å². The van der Waals surface area contributed by atoms with E-state index in [0.29, 0.717) is 17.9 Å². The van der Waals surface area contributed by atoms with Crippen LogP contribution >= 0.6 is 0 Å². The average molecular weight is 240 g/mol. The minimum atomic E-state index is -1.39. The van der Waals surface area contributed by atoms with E-state index in [-0.39, 0.29) is 6.54 Å². The van der Waals surface area contributed by atoms with Crippen molar-refractivity contribution in [2.45, 2.75) is 19.6 Å². The third-order valence-corrected chi connectivity index (χ3v) is 2.28. The minimum Gasteiger partial charge on any atom is -0.397 e. The van der Waals surface area contributed by atoms with Crippen LogP contribution in [0.5, 0.6) is 0 Å². The third-order valence-electron chi connectivity index (χ3n) is 2.28. The second kappa shape index (κ2) is 5.35. The Balaban J connectivity index is 2.66. The summed E-state index contributed by atoms with van der Waals surface area (Å²) in [4.78, 5) is 22.3. The van der Waals surface area contributed by atoms with Crippen molar-refractivity contribution < 1.29 is 14.7 Å². The van der Waals surface area contributed by atoms with E-state index in [4.69, 9.17) is 16.6 Å². The molecular formula is C10H16N4O3. The number of hydrogen-bond acceptors (Lipinski definition) is 4. The molecule has 0 aliphatic rings. The molecule has 1 aromatic rings. The zero-order valence-corrected chi connectivity index (χ0v) is 9.51. The van der Waals surface area contributed by atoms with Crippen LogP contribution in [0.2, 0.25) is 0 Å². The van der Waals surface area contributed by atoms with Gasteiger partial charge in [0.15, 0.2) is 0 Å². The van der Waals surface area contributed by atoms with Gasteiger partial charge in [-0.2, -0.15) is 0 Å². The van der Waals surface area contributed by atoms with Crippen molar-refractivity contribution in [3.8, 4) is 0 Å². The Kier molecular flexibility index (Phi) is 4.11. The number of primary amides is 1. The van der Waals surface area contributed by atoms with E-state index in [1.54, 1.807) is 10.8 Å². The lowest BCUT2D eigenvalue weighted by Crippen LogP contribution is -2.40. The lowest BCUT2D eigenvalue weighted by atomic mass is 10.3. The number of rotatable bonds is 5. The van der Waals surface area contributed by atoms with Gasteiger partial charge in [0.25, 0.3) is 5.91 Å². The lowest BCUT2D eigenvalue weighted by molar-refractivity contribution is -0.125. The molecule has 1 atom stereocenters. The van der Waals surface area contributed by atoms with Gasteiger partial charge in [0.1, 0.15) is 11.8 Å². The van der Waals surface area contributed by atoms with E-state index in [1.165, 1.54) is 6.07 Å². The van der Waals surface area contributed by atoms with Crippen molar-refractivity contribution >= 4 is 17.5 Å². The summed E-state index contributed by atoms with van der Waals surface area (Å²) >= 11 is 0. The predicted molar refractivity (Wildman–Crippen MR) is 62.1 cm³/mol. The Morgan fingerprint density at radius 1 is 1.59 bits per heavy atom. The Bertz CT molecular complexity index is 427. The maximum absolute atomic E-state index is 11.7. The highest BCUT2D eigenvalue weighted by molar-refractivity contribution is 5.94. The molecule has 0 saturated heterocycles. The number of aromatic nitrogens is 1. The highest BCUT2D eigenvalue weighted by atomic mass is 16.3. The van der Waals surface area contributed by atoms with Crippen LogP contribution in [-0.4, -0.2) is 34.1 Å². The molecule has 0 aliphatic heterocycles. The molecule has 0 aromatic carbocycles. The number of nitrogens with one attached hydrogen (secondary N) is 1. The first kappa shape index (κ1) is 13.0. The number of amides is 2. The monoisotopic (exact) mass is 240 g/mol. The Morgan fingerprint density at radius 2 is 2.24 bits per heavy atom. The largest absolute Gasteiger partial charge is 0.397 e. The van der Waals surface area contributed by atoms with Crippen molar-refractivity contribution in [2.75, 3.05) is 12.3 Å². The number of anilines is 1. The molecule has 1 rings (SSSR count). The number of carbonyl (C=O) groups is 2. The van der Waals surface area contributed by atoms with Gasteiger partial charge in [0.2, 0.25) is 5.91 Å². The number of nitrogens with two attached hydrogens (primary N) is 2. The first-order valence-electron chi connectivity index (χ1n) is 5.17. The molecule has 0 fully saturated rings. The maximum atomic E-state index is 11.7. The fraction of sp³-hybridized carbons (Fsp3) is 0.400. The zero-order valence-electron chi connectivity index (χ0n) is 9.51. The van der Waals surface area contributed by atoms with E-state index < -0.39 is 17.9 Å². The van der Waals surface area contributed by atoms with Crippen LogP contribution in [0.1, 0.15) is 17.4 Å². The highest BCUT2D eigenvalue weighted by Gasteiger charge is 2.15. The standard InChI is InChI=1S/C10H16N4O3/c1-2-14-5-6(11)3-7(14)10(17)13-4-8(15)9(12)16/h3,5,8,15H,2,4,11H2,1H3,(H2,12,16)(H,13,17). The number of aryl methyl sites for hydroxylation is 1. The highest BCUT2D eigenvalue weighted by Crippen LogP contribution is 2.10. The molecule has 1 heterocycles. The number of nitrogens with zero attached hydrogens (tertiary/aromatic N) is 1. The summed E-state index contributed by atoms with van der Waals surface area (Å²) in [6.07, 6.45) is 0.251. The molecular weight excluding hydrogens is 224 g/mol. The topological polar surface area (TPSA) is 123 Å². The molecule has 7 nitrogen and oxygen atoms in total. The number of hydrogen-bond donors (Lipinski definition) is 4. The number of aliphatic hydroxyl groups excluding tert-OH is 1. The van der Waals surface area contributed by atoms with Gasteiger partial charge in [-0.3, -0.25) is 9.59 Å². The Morgan fingerprint density at radius 3 is 2.76 bits per heavy atom. The zero-order chi connectivity index (χ0) is 13.0. The van der Waals surface area contributed by atoms with Crippen molar-refractivity contribution in [1.82, 2.24) is 9.88 Å². The van der Waals surface area contributed by atoms with Crippen LogP contribution in [0, 0.1) is 0 Å². The quantitative estimate of drug-likeness (QED) is 0.509. The van der Waals surface area contributed by atoms with Crippen LogP contribution in [0.3, 0.4) is 0 Å². The van der Waals surface area contributed by atoms with Gasteiger partial charge in [-0.25, -0.2) is 0 Å². The first-order valence-corrected chi connectivity index (χ1v) is 5.17. The second-order valence-electron chi connectivity index (χ2n) is 3.57. The average Bonchev–Trinajstić information content (AvgIpc) is 2.66. The molecule has 7 heteroatoms. The minimum absolute atomic E-state index is 0.219. The fourth-order valence-corrected chi connectivity index (χ4v) is 1.37. The van der Waals surface area contributed by atoms with Gasteiger partial charge in [0.05, 0.1) is 12.2 Å². The van der Waals surface area contributed by atoms with Gasteiger partial charge in [-0.15, -0.1) is 0 Å². The van der Waals surface area contributed by atoms with E-state index in [1.807, 2.05) is 6.92 Å². The Labute approximate surface area is 98.4 Å². The van der Waals surface area contributed by atoms with Crippen LogP contribution in [0.15, 0.2) is 12.3 Å². The smallest absolute Gasteiger partial charge is 0.268 e. The SMILES string of the molecule is CCn1cc(N)cc1C(=O)NCC(O)C(N)=O. The molecule has 0 spiro atoms. The molecule has 94 valence electrons. The summed E-state index contributed by atoms with van der Waals surface area (Å²) in [6.45, 7) is 2.25. The molecule has 2 amide bonds. The summed E-state index contributed by atoms with van der Waals surface area (Å²) in [7, 11) is 0. The third kappa shape index (κ3) is 3.22. The van der Waals surface area contributed by atoms with E-state index in [0.717, 1.165) is 0 Å². The molecule has 1 aromatic heterocycles. The van der Waals surface area contributed by atoms with Crippen LogP contribution < -0.4 is 16.8 Å². The van der Waals surface area contributed by atoms with E-state index in [9.17, 15) is 9.59 Å². The molecule has 0 bridgehead atoms. The van der Waals surface area contributed by atoms with Crippen LogP contribution in [0.4, 0.5) is 5.69 Å². The van der Waals surface area contributed by atoms with Crippen molar-refractivity contribution in [1.29, 1.82) is 0 Å². The Hall–Kier alpha value is -2.02. The van der Waals surface area contributed by atoms with E-state index >= 15 is 0 Å². The van der Waals surface area contributed by atoms with E-state index in [2.05, 4.69) is 5.32 Å². The number of carbonyl (C=O) groups excluding carboxylic acids is 2. The van der Waals surface area contributed by atoms with Crippen LogP contribution in [0.25, 0.3) is 0 Å². The summed E-state index contributed by atoms with van der Waals surface area (Å²) in [5.41, 5.74) is 11.3. The summed E-state index contributed by atoms with van der Waals surface area (Å²) in [5.74, 6) is -1.29.